The van der Waals surface area contributed by atoms with Crippen molar-refractivity contribution in [3.63, 3.8) is 0 Å². The molecule has 34 heavy (non-hydrogen) atoms. The molecule has 1 heterocycles. The Morgan fingerprint density at radius 2 is 1.94 bits per heavy atom. The zero-order valence-corrected chi connectivity index (χ0v) is 20.4. The van der Waals surface area contributed by atoms with E-state index in [1.54, 1.807) is 25.3 Å². The monoisotopic (exact) mass is 490 g/mol. The number of hydrogen-bond acceptors (Lipinski definition) is 8. The number of anilines is 3. The second-order valence-corrected chi connectivity index (χ2v) is 8.43. The molecule has 2 amide bonds. The van der Waals surface area contributed by atoms with Crippen LogP contribution in [-0.2, 0) is 9.53 Å². The van der Waals surface area contributed by atoms with Crippen LogP contribution in [0.2, 0.25) is 5.02 Å². The third-order valence-corrected chi connectivity index (χ3v) is 5.80. The lowest BCUT2D eigenvalue weighted by molar-refractivity contribution is -0.119. The maximum Gasteiger partial charge on any atom is 0.251 e. The van der Waals surface area contributed by atoms with Gasteiger partial charge in [0.2, 0.25) is 11.9 Å². The van der Waals surface area contributed by atoms with Crippen LogP contribution in [0.4, 0.5) is 17.5 Å². The maximum absolute atomic E-state index is 12.3. The van der Waals surface area contributed by atoms with E-state index in [2.05, 4.69) is 31.2 Å². The molecule has 4 N–H and O–H groups in total. The van der Waals surface area contributed by atoms with Crippen LogP contribution in [0.1, 0.15) is 43.0 Å². The van der Waals surface area contributed by atoms with Gasteiger partial charge in [0.25, 0.3) is 5.91 Å². The van der Waals surface area contributed by atoms with Crippen molar-refractivity contribution in [3.05, 3.63) is 35.0 Å². The number of hydrogen-bond donors (Lipinski definition) is 4. The van der Waals surface area contributed by atoms with Crippen LogP contribution in [0.25, 0.3) is 0 Å². The molecule has 3 rings (SSSR count). The quantitative estimate of drug-likeness (QED) is 0.374. The summed E-state index contributed by atoms with van der Waals surface area (Å²) in [4.78, 5) is 32.7. The van der Waals surface area contributed by atoms with Crippen LogP contribution in [-0.4, -0.2) is 61.2 Å². The summed E-state index contributed by atoms with van der Waals surface area (Å²) in [6.07, 6.45) is 5.43. The molecule has 0 spiro atoms. The topological polar surface area (TPSA) is 126 Å². The minimum Gasteiger partial charge on any atom is -0.495 e. The van der Waals surface area contributed by atoms with Gasteiger partial charge in [0.1, 0.15) is 10.8 Å². The van der Waals surface area contributed by atoms with Gasteiger partial charge in [0.05, 0.1) is 25.6 Å². The van der Waals surface area contributed by atoms with Crippen molar-refractivity contribution in [3.8, 4) is 5.75 Å². The Bertz CT molecular complexity index is 1010. The molecule has 0 unspecified atom stereocenters. The lowest BCUT2D eigenvalue weighted by atomic mass is 9.90. The number of amides is 2. The average Bonchev–Trinajstić information content (AvgIpc) is 2.82. The van der Waals surface area contributed by atoms with Gasteiger partial charge in [0.15, 0.2) is 5.82 Å². The van der Waals surface area contributed by atoms with Crippen LogP contribution in [0, 0.1) is 0 Å². The van der Waals surface area contributed by atoms with E-state index in [9.17, 15) is 9.59 Å². The van der Waals surface area contributed by atoms with Crippen molar-refractivity contribution in [2.24, 2.45) is 0 Å². The molecular weight excluding hydrogens is 460 g/mol. The van der Waals surface area contributed by atoms with E-state index in [-0.39, 0.29) is 23.9 Å². The molecule has 2 aromatic rings. The normalized spacial score (nSPS) is 17.5. The smallest absolute Gasteiger partial charge is 0.251 e. The van der Waals surface area contributed by atoms with Gasteiger partial charge in [-0.15, -0.1) is 0 Å². The number of benzene rings is 1. The SMILES string of the molecule is COCCNC(=O)c1ccc(Nc2ncc(Cl)c(N[C@@H]3CCCC[C@H]3NC(C)=O)n2)c(OC)c1. The summed E-state index contributed by atoms with van der Waals surface area (Å²) in [5, 5.41) is 12.7. The molecule has 1 aliphatic carbocycles. The second-order valence-electron chi connectivity index (χ2n) is 8.02. The van der Waals surface area contributed by atoms with Crippen molar-refractivity contribution in [2.45, 2.75) is 44.7 Å². The van der Waals surface area contributed by atoms with Crippen molar-refractivity contribution < 1.29 is 19.1 Å². The van der Waals surface area contributed by atoms with E-state index >= 15 is 0 Å². The Balaban J connectivity index is 1.74. The van der Waals surface area contributed by atoms with Gasteiger partial charge < -0.3 is 30.7 Å². The Kier molecular flexibility index (Phi) is 9.29. The zero-order chi connectivity index (χ0) is 24.5. The van der Waals surface area contributed by atoms with Crippen molar-refractivity contribution >= 4 is 40.9 Å². The molecule has 0 saturated heterocycles. The highest BCUT2D eigenvalue weighted by atomic mass is 35.5. The van der Waals surface area contributed by atoms with Crippen LogP contribution >= 0.6 is 11.6 Å². The largest absolute Gasteiger partial charge is 0.495 e. The van der Waals surface area contributed by atoms with Crippen molar-refractivity contribution in [2.75, 3.05) is 38.0 Å². The van der Waals surface area contributed by atoms with E-state index in [0.29, 0.717) is 46.9 Å². The summed E-state index contributed by atoms with van der Waals surface area (Å²) >= 11 is 6.36. The van der Waals surface area contributed by atoms with Crippen LogP contribution < -0.4 is 26.0 Å². The summed E-state index contributed by atoms with van der Waals surface area (Å²) in [5.74, 6) is 0.976. The number of nitrogens with zero attached hydrogens (tertiary/aromatic N) is 2. The van der Waals surface area contributed by atoms with E-state index in [4.69, 9.17) is 21.1 Å². The Labute approximate surface area is 204 Å². The van der Waals surface area contributed by atoms with E-state index in [1.807, 2.05) is 0 Å². The van der Waals surface area contributed by atoms with Gasteiger partial charge in [-0.3, -0.25) is 9.59 Å². The third kappa shape index (κ3) is 6.94. The van der Waals surface area contributed by atoms with Gasteiger partial charge in [-0.25, -0.2) is 4.98 Å². The maximum atomic E-state index is 12.3. The number of carbonyl (C=O) groups is 2. The number of rotatable bonds is 10. The predicted octanol–water partition coefficient (Wildman–Crippen LogP) is 3.12. The van der Waals surface area contributed by atoms with Crippen LogP contribution in [0.15, 0.2) is 24.4 Å². The zero-order valence-electron chi connectivity index (χ0n) is 19.6. The van der Waals surface area contributed by atoms with Crippen LogP contribution in [0.5, 0.6) is 5.75 Å². The van der Waals surface area contributed by atoms with Gasteiger partial charge in [0, 0.05) is 38.2 Å². The molecule has 1 aromatic carbocycles. The fraction of sp³-hybridized carbons (Fsp3) is 0.478. The van der Waals surface area contributed by atoms with E-state index in [0.717, 1.165) is 25.7 Å². The summed E-state index contributed by atoms with van der Waals surface area (Å²) in [6, 6.07) is 5.07. The summed E-state index contributed by atoms with van der Waals surface area (Å²) < 4.78 is 10.4. The third-order valence-electron chi connectivity index (χ3n) is 5.52. The number of methoxy groups -OCH3 is 2. The number of carbonyl (C=O) groups excluding carboxylic acids is 2. The lowest BCUT2D eigenvalue weighted by Gasteiger charge is -2.33. The second kappa shape index (κ2) is 12.4. The Morgan fingerprint density at radius 3 is 2.65 bits per heavy atom. The molecule has 1 saturated carbocycles. The fourth-order valence-corrected chi connectivity index (χ4v) is 4.01. The van der Waals surface area contributed by atoms with E-state index < -0.39 is 0 Å². The fourth-order valence-electron chi connectivity index (χ4n) is 3.87. The predicted molar refractivity (Wildman–Crippen MR) is 131 cm³/mol. The molecule has 0 bridgehead atoms. The van der Waals surface area contributed by atoms with Crippen LogP contribution in [0.3, 0.4) is 0 Å². The minimum atomic E-state index is -0.225. The van der Waals surface area contributed by atoms with Crippen molar-refractivity contribution in [1.82, 2.24) is 20.6 Å². The molecule has 1 aromatic heterocycles. The summed E-state index contributed by atoms with van der Waals surface area (Å²) in [6.45, 7) is 2.36. The molecule has 0 radical (unpaired) electrons. The first-order valence-electron chi connectivity index (χ1n) is 11.2. The van der Waals surface area contributed by atoms with Gasteiger partial charge in [-0.05, 0) is 31.0 Å². The number of nitrogens with one attached hydrogen (secondary N) is 4. The van der Waals surface area contributed by atoms with E-state index in [1.165, 1.54) is 20.2 Å². The first-order valence-corrected chi connectivity index (χ1v) is 11.6. The van der Waals surface area contributed by atoms with Gasteiger partial charge in [-0.1, -0.05) is 24.4 Å². The van der Waals surface area contributed by atoms with Crippen molar-refractivity contribution in [1.29, 1.82) is 0 Å². The number of ether oxygens (including phenoxy) is 2. The molecule has 1 aliphatic rings. The highest BCUT2D eigenvalue weighted by molar-refractivity contribution is 6.32. The molecule has 10 nitrogen and oxygen atoms in total. The lowest BCUT2D eigenvalue weighted by Crippen LogP contribution is -2.48. The highest BCUT2D eigenvalue weighted by Crippen LogP contribution is 2.30. The molecular formula is C23H31ClN6O4. The molecule has 0 aliphatic heterocycles. The Morgan fingerprint density at radius 1 is 1.18 bits per heavy atom. The number of halogens is 1. The summed E-state index contributed by atoms with van der Waals surface area (Å²) in [5.41, 5.74) is 1.05. The van der Waals surface area contributed by atoms with Gasteiger partial charge in [-0.2, -0.15) is 4.98 Å². The molecule has 1 fully saturated rings. The standard InChI is InChI=1S/C23H31ClN6O4/c1-14(31)27-17-6-4-5-7-18(17)28-21-16(24)13-26-23(30-21)29-19-9-8-15(12-20(19)34-3)22(32)25-10-11-33-2/h8-9,12-13,17-18H,4-7,10-11H2,1-3H3,(H,25,32)(H,27,31)(H2,26,28,29,30)/t17-,18-/m1/s1. The Hall–Kier alpha value is -3.11. The van der Waals surface area contributed by atoms with Gasteiger partial charge >= 0.3 is 0 Å². The number of aromatic nitrogens is 2. The first-order chi connectivity index (χ1) is 16.4. The highest BCUT2D eigenvalue weighted by Gasteiger charge is 2.26. The molecule has 2 atom stereocenters. The minimum absolute atomic E-state index is 0.0105. The molecule has 184 valence electrons. The molecule has 11 heteroatoms. The summed E-state index contributed by atoms with van der Waals surface area (Å²) in [7, 11) is 3.10. The first kappa shape index (κ1) is 25.5. The average molecular weight is 491 g/mol.